The van der Waals surface area contributed by atoms with Crippen LogP contribution in [0.3, 0.4) is 0 Å². The first-order valence-electron chi connectivity index (χ1n) is 6.60. The third-order valence-corrected chi connectivity index (χ3v) is 5.06. The van der Waals surface area contributed by atoms with E-state index in [1.54, 1.807) is 11.3 Å². The molecule has 0 aliphatic rings. The van der Waals surface area contributed by atoms with Gasteiger partial charge >= 0.3 is 0 Å². The number of rotatable bonds is 4. The number of nitrogens with one attached hydrogen (secondary N) is 1. The Hall–Kier alpha value is -1.92. The smallest absolute Gasteiger partial charge is 0.263 e. The van der Waals surface area contributed by atoms with E-state index in [1.165, 1.54) is 16.9 Å². The molecule has 108 valence electrons. The molecule has 0 radical (unpaired) electrons. The number of nitrogens with zero attached hydrogens (tertiary/aromatic N) is 1. The van der Waals surface area contributed by atoms with Crippen LogP contribution in [0.25, 0.3) is 10.2 Å². The van der Waals surface area contributed by atoms with Crippen molar-refractivity contribution in [2.45, 2.75) is 13.3 Å². The van der Waals surface area contributed by atoms with Crippen LogP contribution in [0.5, 0.6) is 0 Å². The molecule has 3 N–H and O–H groups in total. The SMILES string of the molecule is Cc1ccc2c(N)c(C(=O)NCCc3ccsc3)sc2n1. The van der Waals surface area contributed by atoms with E-state index >= 15 is 0 Å². The molecule has 0 saturated heterocycles. The summed E-state index contributed by atoms with van der Waals surface area (Å²) in [5.41, 5.74) is 8.75. The van der Waals surface area contributed by atoms with Gasteiger partial charge < -0.3 is 11.1 Å². The van der Waals surface area contributed by atoms with Crippen LogP contribution in [-0.4, -0.2) is 17.4 Å². The van der Waals surface area contributed by atoms with E-state index in [0.29, 0.717) is 17.1 Å². The number of nitrogen functional groups attached to an aromatic ring is 1. The Morgan fingerprint density at radius 2 is 2.24 bits per heavy atom. The largest absolute Gasteiger partial charge is 0.397 e. The van der Waals surface area contributed by atoms with Crippen LogP contribution in [0.1, 0.15) is 20.9 Å². The second-order valence-electron chi connectivity index (χ2n) is 4.79. The number of fused-ring (bicyclic) bond motifs is 1. The molecular weight excluding hydrogens is 302 g/mol. The quantitative estimate of drug-likeness (QED) is 0.776. The highest BCUT2D eigenvalue weighted by atomic mass is 32.1. The van der Waals surface area contributed by atoms with Gasteiger partial charge in [0.2, 0.25) is 0 Å². The highest BCUT2D eigenvalue weighted by Crippen LogP contribution is 2.32. The van der Waals surface area contributed by atoms with Crippen molar-refractivity contribution in [1.29, 1.82) is 0 Å². The van der Waals surface area contributed by atoms with Gasteiger partial charge in [-0.25, -0.2) is 4.98 Å². The lowest BCUT2D eigenvalue weighted by molar-refractivity contribution is 0.0959. The Kier molecular flexibility index (Phi) is 3.90. The van der Waals surface area contributed by atoms with Crippen LogP contribution < -0.4 is 11.1 Å². The standard InChI is InChI=1S/C15H15N3OS2/c1-9-2-3-11-12(16)13(21-15(11)18-9)14(19)17-6-4-10-5-7-20-8-10/h2-3,5,7-8H,4,6,16H2,1H3,(H,17,19). The summed E-state index contributed by atoms with van der Waals surface area (Å²) in [5, 5.41) is 7.90. The molecule has 0 spiro atoms. The topological polar surface area (TPSA) is 68.0 Å². The second-order valence-corrected chi connectivity index (χ2v) is 6.57. The first kappa shape index (κ1) is 14.0. The van der Waals surface area contributed by atoms with Crippen molar-refractivity contribution in [3.8, 4) is 0 Å². The predicted molar refractivity (Wildman–Crippen MR) is 89.1 cm³/mol. The van der Waals surface area contributed by atoms with E-state index in [1.807, 2.05) is 24.4 Å². The molecule has 0 aliphatic carbocycles. The minimum atomic E-state index is -0.122. The van der Waals surface area contributed by atoms with Gasteiger partial charge in [0.25, 0.3) is 5.91 Å². The van der Waals surface area contributed by atoms with E-state index in [2.05, 4.69) is 21.7 Å². The van der Waals surface area contributed by atoms with E-state index in [-0.39, 0.29) is 5.91 Å². The van der Waals surface area contributed by atoms with Crippen molar-refractivity contribution < 1.29 is 4.79 Å². The number of thiophene rings is 2. The maximum Gasteiger partial charge on any atom is 0.263 e. The van der Waals surface area contributed by atoms with E-state index in [0.717, 1.165) is 22.3 Å². The number of aryl methyl sites for hydroxylation is 1. The van der Waals surface area contributed by atoms with Crippen LogP contribution in [0.15, 0.2) is 29.0 Å². The third kappa shape index (κ3) is 2.91. The molecule has 6 heteroatoms. The number of amides is 1. The summed E-state index contributed by atoms with van der Waals surface area (Å²) in [5.74, 6) is -0.122. The summed E-state index contributed by atoms with van der Waals surface area (Å²) in [6.45, 7) is 2.53. The lowest BCUT2D eigenvalue weighted by Crippen LogP contribution is -2.25. The fourth-order valence-corrected chi connectivity index (χ4v) is 3.85. The van der Waals surface area contributed by atoms with Crippen LogP contribution in [0.2, 0.25) is 0 Å². The molecule has 1 amide bonds. The molecular formula is C15H15N3OS2. The van der Waals surface area contributed by atoms with Crippen molar-refractivity contribution in [3.05, 3.63) is 45.1 Å². The lowest BCUT2D eigenvalue weighted by atomic mass is 10.2. The van der Waals surface area contributed by atoms with Gasteiger partial charge in [-0.1, -0.05) is 0 Å². The van der Waals surface area contributed by atoms with E-state index < -0.39 is 0 Å². The molecule has 3 aromatic rings. The molecule has 0 atom stereocenters. The third-order valence-electron chi connectivity index (χ3n) is 3.22. The summed E-state index contributed by atoms with van der Waals surface area (Å²) < 4.78 is 0. The number of aromatic nitrogens is 1. The van der Waals surface area contributed by atoms with Crippen LogP contribution >= 0.6 is 22.7 Å². The Morgan fingerprint density at radius 3 is 3.00 bits per heavy atom. The Morgan fingerprint density at radius 1 is 1.38 bits per heavy atom. The molecule has 0 aromatic carbocycles. The van der Waals surface area contributed by atoms with Gasteiger partial charge in [0, 0.05) is 17.6 Å². The molecule has 0 fully saturated rings. The number of carbonyl (C=O) groups excluding carboxylic acids is 1. The van der Waals surface area contributed by atoms with E-state index in [9.17, 15) is 4.79 Å². The average molecular weight is 317 g/mol. The van der Waals surface area contributed by atoms with Gasteiger partial charge in [-0.2, -0.15) is 11.3 Å². The minimum absolute atomic E-state index is 0.122. The van der Waals surface area contributed by atoms with Crippen LogP contribution in [-0.2, 0) is 6.42 Å². The van der Waals surface area contributed by atoms with Crippen molar-refractivity contribution in [2.24, 2.45) is 0 Å². The molecule has 0 saturated carbocycles. The zero-order valence-corrected chi connectivity index (χ0v) is 13.2. The van der Waals surface area contributed by atoms with Gasteiger partial charge in [-0.15, -0.1) is 11.3 Å². The number of hydrogen-bond acceptors (Lipinski definition) is 5. The Bertz CT molecular complexity index is 778. The Labute approximate surface area is 130 Å². The number of anilines is 1. The first-order valence-corrected chi connectivity index (χ1v) is 8.36. The highest BCUT2D eigenvalue weighted by Gasteiger charge is 2.16. The highest BCUT2D eigenvalue weighted by molar-refractivity contribution is 7.21. The summed E-state index contributed by atoms with van der Waals surface area (Å²) in [6, 6.07) is 5.90. The number of carbonyl (C=O) groups is 1. The van der Waals surface area contributed by atoms with Gasteiger partial charge in [-0.3, -0.25) is 4.79 Å². The maximum absolute atomic E-state index is 12.2. The van der Waals surface area contributed by atoms with Gasteiger partial charge in [-0.05, 0) is 47.9 Å². The van der Waals surface area contributed by atoms with Crippen molar-refractivity contribution in [1.82, 2.24) is 10.3 Å². The van der Waals surface area contributed by atoms with Crippen LogP contribution in [0, 0.1) is 6.92 Å². The molecule has 3 heterocycles. The van der Waals surface area contributed by atoms with Gasteiger partial charge in [0.15, 0.2) is 0 Å². The van der Waals surface area contributed by atoms with Crippen molar-refractivity contribution >= 4 is 44.5 Å². The zero-order valence-electron chi connectivity index (χ0n) is 11.6. The molecule has 3 rings (SSSR count). The van der Waals surface area contributed by atoms with Crippen molar-refractivity contribution in [3.63, 3.8) is 0 Å². The molecule has 0 bridgehead atoms. The molecule has 4 nitrogen and oxygen atoms in total. The van der Waals surface area contributed by atoms with Gasteiger partial charge in [0.05, 0.1) is 5.69 Å². The zero-order chi connectivity index (χ0) is 14.8. The summed E-state index contributed by atoms with van der Waals surface area (Å²) >= 11 is 3.01. The first-order chi connectivity index (χ1) is 10.1. The van der Waals surface area contributed by atoms with E-state index in [4.69, 9.17) is 5.73 Å². The number of hydrogen-bond donors (Lipinski definition) is 2. The number of pyridine rings is 1. The second kappa shape index (κ2) is 5.83. The van der Waals surface area contributed by atoms with Crippen LogP contribution in [0.4, 0.5) is 5.69 Å². The summed E-state index contributed by atoms with van der Waals surface area (Å²) in [6.07, 6.45) is 0.831. The average Bonchev–Trinajstić information content (AvgIpc) is 3.07. The molecule has 0 aliphatic heterocycles. The number of nitrogens with two attached hydrogens (primary N) is 1. The Balaban J connectivity index is 1.73. The van der Waals surface area contributed by atoms with Gasteiger partial charge in [0.1, 0.15) is 9.71 Å². The monoisotopic (exact) mass is 317 g/mol. The maximum atomic E-state index is 12.2. The minimum Gasteiger partial charge on any atom is -0.397 e. The fraction of sp³-hybridized carbons (Fsp3) is 0.200. The molecule has 0 unspecified atom stereocenters. The molecule has 21 heavy (non-hydrogen) atoms. The predicted octanol–water partition coefficient (Wildman–Crippen LogP) is 3.22. The summed E-state index contributed by atoms with van der Waals surface area (Å²) in [7, 11) is 0. The lowest BCUT2D eigenvalue weighted by Gasteiger charge is -2.03. The normalized spacial score (nSPS) is 10.9. The molecule has 3 aromatic heterocycles. The van der Waals surface area contributed by atoms with Crippen molar-refractivity contribution in [2.75, 3.05) is 12.3 Å². The summed E-state index contributed by atoms with van der Waals surface area (Å²) in [4.78, 5) is 18.0. The fourth-order valence-electron chi connectivity index (χ4n) is 2.09.